The topological polar surface area (TPSA) is 55.4 Å². The van der Waals surface area contributed by atoms with Gasteiger partial charge in [0.15, 0.2) is 0 Å². The largest absolute Gasteiger partial charge is 0.340 e. The second kappa shape index (κ2) is 6.36. The SMILES string of the molecule is C[C@H](Cc1ccccc1)C(=O)NOC(=O)C1CCC1. The molecule has 1 N–H and O–H groups in total. The van der Waals surface area contributed by atoms with Crippen LogP contribution in [0.3, 0.4) is 0 Å². The van der Waals surface area contributed by atoms with Crippen LogP contribution >= 0.6 is 0 Å². The molecule has 1 aromatic carbocycles. The summed E-state index contributed by atoms with van der Waals surface area (Å²) >= 11 is 0. The van der Waals surface area contributed by atoms with Gasteiger partial charge in [-0.1, -0.05) is 43.7 Å². The van der Waals surface area contributed by atoms with E-state index in [0.717, 1.165) is 24.8 Å². The Morgan fingerprint density at radius 1 is 1.32 bits per heavy atom. The number of benzene rings is 1. The van der Waals surface area contributed by atoms with Crippen molar-refractivity contribution in [2.24, 2.45) is 11.8 Å². The third kappa shape index (κ3) is 3.81. The first kappa shape index (κ1) is 13.6. The maximum Gasteiger partial charge on any atom is 0.335 e. The van der Waals surface area contributed by atoms with Gasteiger partial charge in [-0.3, -0.25) is 4.79 Å². The van der Waals surface area contributed by atoms with Gasteiger partial charge in [-0.15, -0.1) is 0 Å². The Labute approximate surface area is 113 Å². The van der Waals surface area contributed by atoms with Crippen LogP contribution in [0, 0.1) is 11.8 Å². The second-order valence-corrected chi connectivity index (χ2v) is 5.11. The molecule has 1 atom stereocenters. The highest BCUT2D eigenvalue weighted by atomic mass is 16.7. The summed E-state index contributed by atoms with van der Waals surface area (Å²) in [5, 5.41) is 0. The molecule has 0 radical (unpaired) electrons. The molecule has 102 valence electrons. The zero-order valence-electron chi connectivity index (χ0n) is 11.1. The molecule has 1 aliphatic carbocycles. The number of hydrogen-bond donors (Lipinski definition) is 1. The minimum Gasteiger partial charge on any atom is -0.340 e. The minimum atomic E-state index is -0.313. The van der Waals surface area contributed by atoms with Crippen molar-refractivity contribution >= 4 is 11.9 Å². The quantitative estimate of drug-likeness (QED) is 0.846. The highest BCUT2D eigenvalue weighted by Crippen LogP contribution is 2.27. The van der Waals surface area contributed by atoms with Crippen LogP contribution in [0.4, 0.5) is 0 Å². The van der Waals surface area contributed by atoms with Gasteiger partial charge in [0.25, 0.3) is 5.91 Å². The van der Waals surface area contributed by atoms with Crippen LogP contribution in [0.25, 0.3) is 0 Å². The summed E-state index contributed by atoms with van der Waals surface area (Å²) in [5.41, 5.74) is 3.36. The molecule has 0 aromatic heterocycles. The molecular weight excluding hydrogens is 242 g/mol. The lowest BCUT2D eigenvalue weighted by molar-refractivity contribution is -0.165. The van der Waals surface area contributed by atoms with E-state index in [2.05, 4.69) is 5.48 Å². The van der Waals surface area contributed by atoms with E-state index in [1.807, 2.05) is 37.3 Å². The zero-order chi connectivity index (χ0) is 13.7. The fraction of sp³-hybridized carbons (Fsp3) is 0.467. The Balaban J connectivity index is 1.74. The maximum atomic E-state index is 11.8. The summed E-state index contributed by atoms with van der Waals surface area (Å²) in [7, 11) is 0. The number of rotatable bonds is 4. The Bertz CT molecular complexity index is 440. The van der Waals surface area contributed by atoms with E-state index >= 15 is 0 Å². The summed E-state index contributed by atoms with van der Waals surface area (Å²) in [6.45, 7) is 1.82. The lowest BCUT2D eigenvalue weighted by Gasteiger charge is -2.23. The number of carbonyl (C=O) groups is 2. The predicted molar refractivity (Wildman–Crippen MR) is 70.9 cm³/mol. The molecule has 4 nitrogen and oxygen atoms in total. The molecule has 1 saturated carbocycles. The van der Waals surface area contributed by atoms with Crippen molar-refractivity contribution in [2.45, 2.75) is 32.6 Å². The van der Waals surface area contributed by atoms with E-state index in [1.54, 1.807) is 0 Å². The Morgan fingerprint density at radius 2 is 2.00 bits per heavy atom. The normalized spacial score (nSPS) is 16.3. The number of hydroxylamine groups is 1. The van der Waals surface area contributed by atoms with E-state index in [9.17, 15) is 9.59 Å². The van der Waals surface area contributed by atoms with Crippen LogP contribution in [0.2, 0.25) is 0 Å². The molecule has 0 aliphatic heterocycles. The number of nitrogens with one attached hydrogen (secondary N) is 1. The van der Waals surface area contributed by atoms with E-state index in [4.69, 9.17) is 4.84 Å². The average molecular weight is 261 g/mol. The lowest BCUT2D eigenvalue weighted by Crippen LogP contribution is -2.36. The van der Waals surface area contributed by atoms with Crippen molar-refractivity contribution in [3.63, 3.8) is 0 Å². The van der Waals surface area contributed by atoms with E-state index in [-0.39, 0.29) is 23.7 Å². The van der Waals surface area contributed by atoms with Gasteiger partial charge in [-0.05, 0) is 24.8 Å². The molecule has 0 spiro atoms. The van der Waals surface area contributed by atoms with Gasteiger partial charge in [0.1, 0.15) is 0 Å². The molecule has 1 aliphatic rings. The molecule has 2 rings (SSSR count). The Kier molecular flexibility index (Phi) is 4.55. The molecule has 1 amide bonds. The zero-order valence-corrected chi connectivity index (χ0v) is 11.1. The van der Waals surface area contributed by atoms with Gasteiger partial charge in [-0.2, -0.15) is 5.48 Å². The first-order chi connectivity index (χ1) is 9.16. The smallest absolute Gasteiger partial charge is 0.335 e. The minimum absolute atomic E-state index is 0.0234. The first-order valence-corrected chi connectivity index (χ1v) is 6.71. The highest BCUT2D eigenvalue weighted by Gasteiger charge is 2.28. The van der Waals surface area contributed by atoms with Crippen molar-refractivity contribution in [1.29, 1.82) is 0 Å². The summed E-state index contributed by atoms with van der Waals surface area (Å²) in [6, 6.07) is 9.77. The van der Waals surface area contributed by atoms with Crippen molar-refractivity contribution in [1.82, 2.24) is 5.48 Å². The number of amides is 1. The predicted octanol–water partition coefficient (Wildman–Crippen LogP) is 2.24. The molecular formula is C15H19NO3. The molecule has 4 heteroatoms. The molecule has 0 bridgehead atoms. The summed E-state index contributed by atoms with van der Waals surface area (Å²) in [6.07, 6.45) is 3.44. The monoisotopic (exact) mass is 261 g/mol. The fourth-order valence-corrected chi connectivity index (χ4v) is 1.99. The van der Waals surface area contributed by atoms with Crippen LogP contribution in [0.15, 0.2) is 30.3 Å². The van der Waals surface area contributed by atoms with Gasteiger partial charge in [-0.25, -0.2) is 4.79 Å². The maximum absolute atomic E-state index is 11.8. The van der Waals surface area contributed by atoms with Crippen LogP contribution < -0.4 is 5.48 Å². The number of hydrogen-bond acceptors (Lipinski definition) is 3. The molecule has 0 saturated heterocycles. The third-order valence-electron chi connectivity index (χ3n) is 3.52. The highest BCUT2D eigenvalue weighted by molar-refractivity contribution is 5.80. The van der Waals surface area contributed by atoms with Crippen LogP contribution in [-0.4, -0.2) is 11.9 Å². The molecule has 0 unspecified atom stereocenters. The average Bonchev–Trinajstić information content (AvgIpc) is 2.35. The molecule has 19 heavy (non-hydrogen) atoms. The van der Waals surface area contributed by atoms with E-state index in [0.29, 0.717) is 6.42 Å². The molecule has 0 heterocycles. The summed E-state index contributed by atoms with van der Waals surface area (Å²) in [4.78, 5) is 28.1. The van der Waals surface area contributed by atoms with Crippen molar-refractivity contribution < 1.29 is 14.4 Å². The van der Waals surface area contributed by atoms with Gasteiger partial charge in [0.2, 0.25) is 0 Å². The Morgan fingerprint density at radius 3 is 2.58 bits per heavy atom. The van der Waals surface area contributed by atoms with E-state index < -0.39 is 0 Å². The van der Waals surface area contributed by atoms with Gasteiger partial charge >= 0.3 is 5.97 Å². The van der Waals surface area contributed by atoms with Gasteiger partial charge in [0.05, 0.1) is 5.92 Å². The standard InChI is InChI=1S/C15H19NO3/c1-11(10-12-6-3-2-4-7-12)14(17)16-19-15(18)13-8-5-9-13/h2-4,6-7,11,13H,5,8-10H2,1H3,(H,16,17)/t11-/m1/s1. The van der Waals surface area contributed by atoms with Crippen LogP contribution in [0.5, 0.6) is 0 Å². The number of carbonyl (C=O) groups excluding carboxylic acids is 2. The van der Waals surface area contributed by atoms with Gasteiger partial charge in [0, 0.05) is 5.92 Å². The fourth-order valence-electron chi connectivity index (χ4n) is 1.99. The van der Waals surface area contributed by atoms with Crippen molar-refractivity contribution in [3.8, 4) is 0 Å². The van der Waals surface area contributed by atoms with Crippen LogP contribution in [-0.2, 0) is 20.8 Å². The van der Waals surface area contributed by atoms with E-state index in [1.165, 1.54) is 0 Å². The summed E-state index contributed by atoms with van der Waals surface area (Å²) in [5.74, 6) is -0.815. The third-order valence-corrected chi connectivity index (χ3v) is 3.52. The second-order valence-electron chi connectivity index (χ2n) is 5.11. The lowest BCUT2D eigenvalue weighted by atomic mass is 9.86. The summed E-state index contributed by atoms with van der Waals surface area (Å²) < 4.78 is 0. The van der Waals surface area contributed by atoms with Crippen LogP contribution in [0.1, 0.15) is 31.7 Å². The molecule has 1 aromatic rings. The van der Waals surface area contributed by atoms with Crippen molar-refractivity contribution in [2.75, 3.05) is 0 Å². The Hall–Kier alpha value is -1.84. The van der Waals surface area contributed by atoms with Crippen molar-refractivity contribution in [3.05, 3.63) is 35.9 Å². The molecule has 1 fully saturated rings. The first-order valence-electron chi connectivity index (χ1n) is 6.71. The van der Waals surface area contributed by atoms with Gasteiger partial charge < -0.3 is 4.84 Å².